The van der Waals surface area contributed by atoms with Crippen LogP contribution in [-0.4, -0.2) is 34.7 Å². The molecule has 1 saturated heterocycles. The van der Waals surface area contributed by atoms with Gasteiger partial charge in [-0.25, -0.2) is 4.39 Å². The van der Waals surface area contributed by atoms with Crippen molar-refractivity contribution < 1.29 is 14.3 Å². The number of benzene rings is 1. The highest BCUT2D eigenvalue weighted by Gasteiger charge is 2.28. The summed E-state index contributed by atoms with van der Waals surface area (Å²) in [4.78, 5) is 25.8. The van der Waals surface area contributed by atoms with Crippen LogP contribution in [0.3, 0.4) is 0 Å². The van der Waals surface area contributed by atoms with Crippen LogP contribution >= 0.6 is 0 Å². The molecule has 0 aliphatic carbocycles. The van der Waals surface area contributed by atoms with Crippen LogP contribution in [0.1, 0.15) is 54.6 Å². The Morgan fingerprint density at radius 2 is 2.19 bits per heavy atom. The third-order valence-electron chi connectivity index (χ3n) is 5.74. The summed E-state index contributed by atoms with van der Waals surface area (Å²) >= 11 is 0. The maximum Gasteiger partial charge on any atom is 0.267 e. The van der Waals surface area contributed by atoms with E-state index in [4.69, 9.17) is 0 Å². The van der Waals surface area contributed by atoms with Gasteiger partial charge in [-0.05, 0) is 56.8 Å². The molecule has 3 N–H and O–H groups in total. The molecule has 7 heteroatoms. The SMILES string of the molecule is CC1CCc2cc(F)cc3c(O)c(C(=O)NCC4CCCCN4)c(=O)n1c23. The van der Waals surface area contributed by atoms with E-state index in [1.807, 2.05) is 6.92 Å². The summed E-state index contributed by atoms with van der Waals surface area (Å²) in [6, 6.07) is 2.64. The lowest BCUT2D eigenvalue weighted by Gasteiger charge is -2.27. The second-order valence-corrected chi connectivity index (χ2v) is 7.60. The van der Waals surface area contributed by atoms with E-state index < -0.39 is 23.0 Å². The molecule has 2 aliphatic heterocycles. The number of hydrogen-bond acceptors (Lipinski definition) is 4. The van der Waals surface area contributed by atoms with Crippen LogP contribution in [0, 0.1) is 5.82 Å². The zero-order valence-corrected chi connectivity index (χ0v) is 15.3. The van der Waals surface area contributed by atoms with Crippen molar-refractivity contribution in [3.8, 4) is 5.75 Å². The second kappa shape index (κ2) is 6.96. The monoisotopic (exact) mass is 373 g/mol. The number of nitrogens with one attached hydrogen (secondary N) is 2. The van der Waals surface area contributed by atoms with Gasteiger partial charge in [0.2, 0.25) is 0 Å². The molecule has 1 fully saturated rings. The Hall–Kier alpha value is -2.41. The van der Waals surface area contributed by atoms with E-state index in [9.17, 15) is 19.1 Å². The van der Waals surface area contributed by atoms with E-state index in [0.717, 1.165) is 25.8 Å². The number of rotatable bonds is 3. The van der Waals surface area contributed by atoms with Gasteiger partial charge in [-0.15, -0.1) is 0 Å². The van der Waals surface area contributed by atoms with Crippen molar-refractivity contribution in [3.05, 3.63) is 39.4 Å². The molecular formula is C20H24FN3O3. The first-order valence-electron chi connectivity index (χ1n) is 9.58. The van der Waals surface area contributed by atoms with E-state index >= 15 is 0 Å². The van der Waals surface area contributed by atoms with Crippen LogP contribution in [-0.2, 0) is 6.42 Å². The summed E-state index contributed by atoms with van der Waals surface area (Å²) in [6.07, 6.45) is 4.49. The van der Waals surface area contributed by atoms with Gasteiger partial charge in [0, 0.05) is 24.0 Å². The molecule has 2 atom stereocenters. The van der Waals surface area contributed by atoms with Gasteiger partial charge in [0.1, 0.15) is 17.1 Å². The van der Waals surface area contributed by atoms with Gasteiger partial charge in [-0.2, -0.15) is 0 Å². The smallest absolute Gasteiger partial charge is 0.267 e. The molecule has 3 heterocycles. The highest BCUT2D eigenvalue weighted by molar-refractivity contribution is 6.03. The van der Waals surface area contributed by atoms with Gasteiger partial charge in [0.05, 0.1) is 5.52 Å². The zero-order chi connectivity index (χ0) is 19.1. The molecule has 6 nitrogen and oxygen atoms in total. The largest absolute Gasteiger partial charge is 0.506 e. The van der Waals surface area contributed by atoms with E-state index in [1.165, 1.54) is 16.7 Å². The molecule has 1 amide bonds. The van der Waals surface area contributed by atoms with Crippen molar-refractivity contribution in [2.45, 2.75) is 51.1 Å². The number of piperidine rings is 1. The van der Waals surface area contributed by atoms with Crippen LogP contribution in [0.4, 0.5) is 4.39 Å². The molecule has 1 aromatic heterocycles. The predicted octanol–water partition coefficient (Wildman–Crippen LogP) is 2.23. The van der Waals surface area contributed by atoms with Gasteiger partial charge in [0.25, 0.3) is 11.5 Å². The van der Waals surface area contributed by atoms with Crippen LogP contribution in [0.15, 0.2) is 16.9 Å². The highest BCUT2D eigenvalue weighted by atomic mass is 19.1. The Bertz CT molecular complexity index is 963. The average Bonchev–Trinajstić information content (AvgIpc) is 2.66. The van der Waals surface area contributed by atoms with Crippen molar-refractivity contribution in [3.63, 3.8) is 0 Å². The maximum absolute atomic E-state index is 14.0. The molecule has 2 aromatic rings. The Kier molecular flexibility index (Phi) is 4.63. The summed E-state index contributed by atoms with van der Waals surface area (Å²) in [5.74, 6) is -1.53. The number of pyridine rings is 1. The summed E-state index contributed by atoms with van der Waals surface area (Å²) in [6.45, 7) is 3.20. The molecule has 0 spiro atoms. The number of nitrogens with zero attached hydrogens (tertiary/aromatic N) is 1. The molecule has 27 heavy (non-hydrogen) atoms. The fraction of sp³-hybridized carbons (Fsp3) is 0.500. The van der Waals surface area contributed by atoms with Crippen molar-refractivity contribution in [2.75, 3.05) is 13.1 Å². The summed E-state index contributed by atoms with van der Waals surface area (Å²) in [7, 11) is 0. The Morgan fingerprint density at radius 1 is 1.37 bits per heavy atom. The standard InChI is InChI=1S/C20H24FN3O3/c1-11-5-6-12-8-13(21)9-15-17(12)24(11)20(27)16(18(15)25)19(26)23-10-14-4-2-3-7-22-14/h8-9,11,14,22,25H,2-7,10H2,1H3,(H,23,26). The number of aromatic hydroxyl groups is 1. The molecule has 4 rings (SSSR count). The number of aromatic nitrogens is 1. The lowest BCUT2D eigenvalue weighted by Crippen LogP contribution is -2.44. The number of hydrogen-bond donors (Lipinski definition) is 3. The summed E-state index contributed by atoms with van der Waals surface area (Å²) in [5.41, 5.74) is 0.398. The van der Waals surface area contributed by atoms with Gasteiger partial charge in [-0.3, -0.25) is 9.59 Å². The topological polar surface area (TPSA) is 83.4 Å². The Labute approximate surface area is 156 Å². The molecule has 2 aliphatic rings. The fourth-order valence-corrected chi connectivity index (χ4v) is 4.29. The minimum absolute atomic E-state index is 0.120. The molecule has 144 valence electrons. The molecule has 0 saturated carbocycles. The molecule has 1 aromatic carbocycles. The predicted molar refractivity (Wildman–Crippen MR) is 101 cm³/mol. The second-order valence-electron chi connectivity index (χ2n) is 7.60. The van der Waals surface area contributed by atoms with Crippen molar-refractivity contribution >= 4 is 16.8 Å². The van der Waals surface area contributed by atoms with Gasteiger partial charge < -0.3 is 20.3 Å². The maximum atomic E-state index is 14.0. The number of aryl methyl sites for hydroxylation is 1. The van der Waals surface area contributed by atoms with Gasteiger partial charge in [0.15, 0.2) is 0 Å². The molecule has 0 bridgehead atoms. The lowest BCUT2D eigenvalue weighted by atomic mass is 9.95. The molecule has 0 radical (unpaired) electrons. The first kappa shape index (κ1) is 18.0. The molecule has 2 unspecified atom stereocenters. The first-order chi connectivity index (χ1) is 13.0. The summed E-state index contributed by atoms with van der Waals surface area (Å²) < 4.78 is 15.6. The Morgan fingerprint density at radius 3 is 2.93 bits per heavy atom. The van der Waals surface area contributed by atoms with Gasteiger partial charge >= 0.3 is 0 Å². The van der Waals surface area contributed by atoms with Crippen molar-refractivity contribution in [2.24, 2.45) is 0 Å². The fourth-order valence-electron chi connectivity index (χ4n) is 4.29. The number of carbonyl (C=O) groups is 1. The van der Waals surface area contributed by atoms with Crippen LogP contribution in [0.5, 0.6) is 5.75 Å². The summed E-state index contributed by atoms with van der Waals surface area (Å²) in [5, 5.41) is 17.0. The minimum Gasteiger partial charge on any atom is -0.506 e. The van der Waals surface area contributed by atoms with Crippen molar-refractivity contribution in [1.29, 1.82) is 0 Å². The zero-order valence-electron chi connectivity index (χ0n) is 15.3. The van der Waals surface area contributed by atoms with E-state index in [1.54, 1.807) is 0 Å². The van der Waals surface area contributed by atoms with Crippen molar-refractivity contribution in [1.82, 2.24) is 15.2 Å². The van der Waals surface area contributed by atoms with Crippen LogP contribution in [0.25, 0.3) is 10.9 Å². The third-order valence-corrected chi connectivity index (χ3v) is 5.74. The number of halogens is 1. The van der Waals surface area contributed by atoms with E-state index in [0.29, 0.717) is 30.5 Å². The minimum atomic E-state index is -0.612. The highest BCUT2D eigenvalue weighted by Crippen LogP contribution is 2.35. The third kappa shape index (κ3) is 3.10. The quantitative estimate of drug-likeness (QED) is 0.770. The van der Waals surface area contributed by atoms with Crippen LogP contribution in [0.2, 0.25) is 0 Å². The van der Waals surface area contributed by atoms with Crippen LogP contribution < -0.4 is 16.2 Å². The average molecular weight is 373 g/mol. The first-order valence-corrected chi connectivity index (χ1v) is 9.58. The van der Waals surface area contributed by atoms with E-state index in [-0.39, 0.29) is 23.0 Å². The van der Waals surface area contributed by atoms with E-state index in [2.05, 4.69) is 10.6 Å². The number of amides is 1. The van der Waals surface area contributed by atoms with Gasteiger partial charge in [-0.1, -0.05) is 6.42 Å². The molecular weight excluding hydrogens is 349 g/mol. The number of carbonyl (C=O) groups excluding carboxylic acids is 1. The lowest BCUT2D eigenvalue weighted by molar-refractivity contribution is 0.0943. The Balaban J connectivity index is 1.77. The normalized spacial score (nSPS) is 22.0.